The van der Waals surface area contributed by atoms with Gasteiger partial charge in [-0.25, -0.2) is 0 Å². The maximum Gasteiger partial charge on any atom is 0.222 e. The van der Waals surface area contributed by atoms with Crippen LogP contribution in [-0.2, 0) is 11.2 Å². The highest BCUT2D eigenvalue weighted by molar-refractivity contribution is 14.0. The zero-order valence-corrected chi connectivity index (χ0v) is 19.8. The first-order valence-corrected chi connectivity index (χ1v) is 10.1. The number of nitrogens with one attached hydrogen (secondary N) is 2. The molecule has 0 saturated carbocycles. The molecule has 5 nitrogen and oxygen atoms in total. The quantitative estimate of drug-likeness (QED) is 0.243. The number of aliphatic imine (C=N–C) groups is 1. The van der Waals surface area contributed by atoms with Crippen LogP contribution < -0.4 is 10.6 Å². The minimum absolute atomic E-state index is 0. The molecule has 152 valence electrons. The molecule has 1 heterocycles. The van der Waals surface area contributed by atoms with Crippen LogP contribution >= 0.6 is 47.2 Å². The third kappa shape index (κ3) is 8.03. The Morgan fingerprint density at radius 2 is 2.11 bits per heavy atom. The summed E-state index contributed by atoms with van der Waals surface area (Å²) in [5.41, 5.74) is 1.09. The number of guanidine groups is 1. The molecule has 27 heavy (non-hydrogen) atoms. The molecule has 0 spiro atoms. The second-order valence-electron chi connectivity index (χ2n) is 6.42. The highest BCUT2D eigenvalue weighted by Crippen LogP contribution is 2.22. The molecule has 1 atom stereocenters. The monoisotopic (exact) mass is 526 g/mol. The molecule has 1 aliphatic rings. The lowest BCUT2D eigenvalue weighted by molar-refractivity contribution is -0.129. The van der Waals surface area contributed by atoms with E-state index in [4.69, 9.17) is 23.2 Å². The average molecular weight is 527 g/mol. The predicted octanol–water partition coefficient (Wildman–Crippen LogP) is 4.11. The summed E-state index contributed by atoms with van der Waals surface area (Å²) in [6, 6.07) is 5.86. The Hall–Kier alpha value is -0.730. The fraction of sp³-hybridized carbons (Fsp3) is 0.579. The number of hydrogen-bond donors (Lipinski definition) is 2. The summed E-state index contributed by atoms with van der Waals surface area (Å²) in [6.45, 7) is 7.03. The maximum atomic E-state index is 11.8. The lowest BCUT2D eigenvalue weighted by Gasteiger charge is -2.18. The van der Waals surface area contributed by atoms with Crippen molar-refractivity contribution in [1.82, 2.24) is 15.5 Å². The molecule has 1 aromatic carbocycles. The number of likely N-dealkylation sites (tertiary alicyclic amines) is 1. The van der Waals surface area contributed by atoms with E-state index in [9.17, 15) is 4.79 Å². The lowest BCUT2D eigenvalue weighted by atomic mass is 10.1. The predicted molar refractivity (Wildman–Crippen MR) is 125 cm³/mol. The van der Waals surface area contributed by atoms with Crippen LogP contribution in [0.4, 0.5) is 0 Å². The van der Waals surface area contributed by atoms with Gasteiger partial charge in [-0.15, -0.1) is 24.0 Å². The molecule has 1 amide bonds. The van der Waals surface area contributed by atoms with Crippen LogP contribution in [-0.4, -0.2) is 49.0 Å². The molecule has 8 heteroatoms. The Labute approximate surface area is 189 Å². The van der Waals surface area contributed by atoms with Gasteiger partial charge in [0.05, 0.1) is 0 Å². The van der Waals surface area contributed by atoms with Gasteiger partial charge in [0.15, 0.2) is 5.96 Å². The van der Waals surface area contributed by atoms with Gasteiger partial charge >= 0.3 is 0 Å². The second-order valence-corrected chi connectivity index (χ2v) is 7.27. The molecular weight excluding hydrogens is 498 g/mol. The standard InChI is InChI=1S/C19H28Cl2N4O.HI/c1-3-18(26)25-11-9-16(13-25)24-19(22-4-2)23-10-5-6-14-7-8-15(20)12-17(14)21;/h7-8,12,16H,3-6,9-11,13H2,1-2H3,(H2,22,23,24);1H. The number of rotatable bonds is 7. The maximum absolute atomic E-state index is 11.8. The number of amides is 1. The minimum atomic E-state index is 0. The highest BCUT2D eigenvalue weighted by atomic mass is 127. The van der Waals surface area contributed by atoms with Crippen molar-refractivity contribution in [3.05, 3.63) is 33.8 Å². The summed E-state index contributed by atoms with van der Waals surface area (Å²) >= 11 is 12.1. The van der Waals surface area contributed by atoms with Crippen molar-refractivity contribution in [2.75, 3.05) is 26.2 Å². The first-order valence-electron chi connectivity index (χ1n) is 9.30. The summed E-state index contributed by atoms with van der Waals surface area (Å²) in [4.78, 5) is 18.4. The van der Waals surface area contributed by atoms with Crippen LogP contribution in [0.5, 0.6) is 0 Å². The zero-order valence-electron chi connectivity index (χ0n) is 15.9. The molecule has 1 aliphatic heterocycles. The van der Waals surface area contributed by atoms with Gasteiger partial charge in [-0.2, -0.15) is 0 Å². The minimum Gasteiger partial charge on any atom is -0.357 e. The summed E-state index contributed by atoms with van der Waals surface area (Å²) in [5, 5.41) is 8.08. The van der Waals surface area contributed by atoms with E-state index in [2.05, 4.69) is 15.6 Å². The number of benzene rings is 1. The van der Waals surface area contributed by atoms with E-state index in [0.29, 0.717) is 23.0 Å². The Kier molecular flexibility index (Phi) is 11.4. The topological polar surface area (TPSA) is 56.7 Å². The third-order valence-corrected chi connectivity index (χ3v) is 5.00. The van der Waals surface area contributed by atoms with E-state index in [0.717, 1.165) is 50.4 Å². The van der Waals surface area contributed by atoms with E-state index in [-0.39, 0.29) is 35.9 Å². The van der Waals surface area contributed by atoms with Crippen molar-refractivity contribution in [3.63, 3.8) is 0 Å². The van der Waals surface area contributed by atoms with Crippen molar-refractivity contribution in [3.8, 4) is 0 Å². The smallest absolute Gasteiger partial charge is 0.222 e. The van der Waals surface area contributed by atoms with E-state index < -0.39 is 0 Å². The normalized spacial score (nSPS) is 16.8. The van der Waals surface area contributed by atoms with Crippen molar-refractivity contribution in [2.45, 2.75) is 45.6 Å². The molecule has 0 aromatic heterocycles. The SMILES string of the molecule is CCNC(=NCCCc1ccc(Cl)cc1Cl)NC1CCN(C(=O)CC)C1.I. The van der Waals surface area contributed by atoms with Crippen LogP contribution in [0.15, 0.2) is 23.2 Å². The fourth-order valence-electron chi connectivity index (χ4n) is 3.03. The molecule has 2 rings (SSSR count). The van der Waals surface area contributed by atoms with E-state index in [1.54, 1.807) is 6.07 Å². The number of nitrogens with zero attached hydrogens (tertiary/aromatic N) is 2. The van der Waals surface area contributed by atoms with Gasteiger partial charge in [-0.05, 0) is 43.9 Å². The van der Waals surface area contributed by atoms with Crippen molar-refractivity contribution < 1.29 is 4.79 Å². The van der Waals surface area contributed by atoms with Crippen LogP contribution in [0, 0.1) is 0 Å². The summed E-state index contributed by atoms with van der Waals surface area (Å²) in [7, 11) is 0. The summed E-state index contributed by atoms with van der Waals surface area (Å²) in [5.74, 6) is 1.03. The van der Waals surface area contributed by atoms with Crippen LogP contribution in [0.2, 0.25) is 10.0 Å². The van der Waals surface area contributed by atoms with Gasteiger partial charge < -0.3 is 15.5 Å². The van der Waals surface area contributed by atoms with Gasteiger partial charge in [0.2, 0.25) is 5.91 Å². The van der Waals surface area contributed by atoms with E-state index in [1.165, 1.54) is 0 Å². The number of carbonyl (C=O) groups excluding carboxylic acids is 1. The van der Waals surface area contributed by atoms with E-state index >= 15 is 0 Å². The number of hydrogen-bond acceptors (Lipinski definition) is 2. The van der Waals surface area contributed by atoms with Crippen molar-refractivity contribution >= 4 is 59.0 Å². The summed E-state index contributed by atoms with van der Waals surface area (Å²) < 4.78 is 0. The fourth-order valence-corrected chi connectivity index (χ4v) is 3.53. The van der Waals surface area contributed by atoms with Gasteiger partial charge in [-0.3, -0.25) is 9.79 Å². The van der Waals surface area contributed by atoms with Gasteiger partial charge in [0, 0.05) is 48.7 Å². The second kappa shape index (κ2) is 12.7. The number of carbonyl (C=O) groups is 1. The Balaban J connectivity index is 0.00000364. The van der Waals surface area contributed by atoms with Crippen LogP contribution in [0.1, 0.15) is 38.7 Å². The molecule has 1 unspecified atom stereocenters. The first-order chi connectivity index (χ1) is 12.5. The molecule has 0 bridgehead atoms. The molecule has 0 aliphatic carbocycles. The Morgan fingerprint density at radius 1 is 1.33 bits per heavy atom. The van der Waals surface area contributed by atoms with Gasteiger partial charge in [0.1, 0.15) is 0 Å². The van der Waals surface area contributed by atoms with Crippen molar-refractivity contribution in [2.24, 2.45) is 4.99 Å². The van der Waals surface area contributed by atoms with Crippen molar-refractivity contribution in [1.29, 1.82) is 0 Å². The van der Waals surface area contributed by atoms with Crippen LogP contribution in [0.25, 0.3) is 0 Å². The lowest BCUT2D eigenvalue weighted by Crippen LogP contribution is -2.45. The van der Waals surface area contributed by atoms with Crippen LogP contribution in [0.3, 0.4) is 0 Å². The van der Waals surface area contributed by atoms with Gasteiger partial charge in [0.25, 0.3) is 0 Å². The molecule has 1 fully saturated rings. The molecule has 1 saturated heterocycles. The Morgan fingerprint density at radius 3 is 2.78 bits per heavy atom. The largest absolute Gasteiger partial charge is 0.357 e. The molecular formula is C19H29Cl2IN4O. The highest BCUT2D eigenvalue weighted by Gasteiger charge is 2.25. The number of aryl methyl sites for hydroxylation is 1. The number of halogens is 3. The zero-order chi connectivity index (χ0) is 18.9. The molecule has 1 aromatic rings. The third-order valence-electron chi connectivity index (χ3n) is 4.42. The first kappa shape index (κ1) is 24.3. The molecule has 2 N–H and O–H groups in total. The van der Waals surface area contributed by atoms with E-state index in [1.807, 2.05) is 30.9 Å². The van der Waals surface area contributed by atoms with Gasteiger partial charge in [-0.1, -0.05) is 36.2 Å². The Bertz CT molecular complexity index is 642. The average Bonchev–Trinajstić information content (AvgIpc) is 3.08. The summed E-state index contributed by atoms with van der Waals surface area (Å²) in [6.07, 6.45) is 3.29. The molecule has 0 radical (unpaired) electrons.